The number of amides is 1. The molecular weight excluding hydrogens is 482 g/mol. The Kier molecular flexibility index (Phi) is 6.29. The van der Waals surface area contributed by atoms with Crippen molar-refractivity contribution < 1.29 is 23.9 Å². The average molecular weight is 500 g/mol. The summed E-state index contributed by atoms with van der Waals surface area (Å²) >= 11 is 4.60. The van der Waals surface area contributed by atoms with Gasteiger partial charge in [0.1, 0.15) is 11.1 Å². The Balaban J connectivity index is 1.71. The smallest absolute Gasteiger partial charge is 0.359 e. The first-order chi connectivity index (χ1) is 15.0. The summed E-state index contributed by atoms with van der Waals surface area (Å²) in [6, 6.07) is 18.7. The average Bonchev–Trinajstić information content (AvgIpc) is 2.78. The highest BCUT2D eigenvalue weighted by Gasteiger charge is 2.51. The molecule has 1 atom stereocenters. The molecule has 4 rings (SSSR count). The predicted molar refractivity (Wildman–Crippen MR) is 120 cm³/mol. The van der Waals surface area contributed by atoms with E-state index >= 15 is 0 Å². The van der Waals surface area contributed by atoms with E-state index in [2.05, 4.69) is 15.9 Å². The number of hydrogen-bond donors (Lipinski definition) is 0. The van der Waals surface area contributed by atoms with Crippen LogP contribution in [0.15, 0.2) is 82.7 Å². The fourth-order valence-corrected chi connectivity index (χ4v) is 5.30. The van der Waals surface area contributed by atoms with E-state index in [9.17, 15) is 14.4 Å². The van der Waals surface area contributed by atoms with Gasteiger partial charge in [0, 0.05) is 6.92 Å². The Morgan fingerprint density at radius 3 is 2.19 bits per heavy atom. The molecule has 1 saturated heterocycles. The molecule has 31 heavy (non-hydrogen) atoms. The number of halogens is 1. The molecular formula is C23H18BrNO5S. The third-order valence-electron chi connectivity index (χ3n) is 4.85. The van der Waals surface area contributed by atoms with Gasteiger partial charge in [-0.3, -0.25) is 14.5 Å². The van der Waals surface area contributed by atoms with Gasteiger partial charge in [0.2, 0.25) is 0 Å². The molecule has 1 fully saturated rings. The van der Waals surface area contributed by atoms with Crippen LogP contribution in [-0.4, -0.2) is 33.9 Å². The largest absolute Gasteiger partial charge is 0.448 e. The van der Waals surface area contributed by atoms with E-state index in [0.717, 1.165) is 11.1 Å². The quantitative estimate of drug-likeness (QED) is 0.347. The van der Waals surface area contributed by atoms with Crippen molar-refractivity contribution in [2.24, 2.45) is 0 Å². The fraction of sp³-hybridized carbons (Fsp3) is 0.174. The number of rotatable bonds is 5. The third kappa shape index (κ3) is 4.18. The summed E-state index contributed by atoms with van der Waals surface area (Å²) in [5.41, 5.74) is 2.09. The Hall–Kier alpha value is -2.84. The first-order valence-corrected chi connectivity index (χ1v) is 11.5. The number of thioether (sulfide) groups is 1. The number of carbonyl (C=O) groups excluding carboxylic acids is 3. The number of esters is 2. The normalized spacial score (nSPS) is 19.2. The lowest BCUT2D eigenvalue weighted by atomic mass is 10.0. The molecule has 0 spiro atoms. The molecule has 0 aliphatic carbocycles. The minimum absolute atomic E-state index is 0.0288. The van der Waals surface area contributed by atoms with E-state index in [-0.39, 0.29) is 28.5 Å². The summed E-state index contributed by atoms with van der Waals surface area (Å²) in [4.78, 5) is 40.5. The maximum Gasteiger partial charge on any atom is 0.359 e. The van der Waals surface area contributed by atoms with E-state index in [4.69, 9.17) is 9.47 Å². The topological polar surface area (TPSA) is 72.9 Å². The first kappa shape index (κ1) is 21.4. The Labute approximate surface area is 192 Å². The Morgan fingerprint density at radius 1 is 1.10 bits per heavy atom. The van der Waals surface area contributed by atoms with Crippen LogP contribution >= 0.6 is 27.7 Å². The van der Waals surface area contributed by atoms with Gasteiger partial charge in [0.05, 0.1) is 11.3 Å². The number of benzene rings is 2. The van der Waals surface area contributed by atoms with Gasteiger partial charge >= 0.3 is 11.9 Å². The highest BCUT2D eigenvalue weighted by atomic mass is 79.9. The molecule has 2 heterocycles. The highest BCUT2D eigenvalue weighted by Crippen LogP contribution is 2.44. The number of fused-ring (bicyclic) bond motifs is 1. The van der Waals surface area contributed by atoms with Crippen molar-refractivity contribution in [1.29, 1.82) is 0 Å². The van der Waals surface area contributed by atoms with Crippen LogP contribution in [0.25, 0.3) is 0 Å². The summed E-state index contributed by atoms with van der Waals surface area (Å²) in [7, 11) is 0. The van der Waals surface area contributed by atoms with Crippen LogP contribution < -0.4 is 0 Å². The molecule has 2 aliphatic heterocycles. The molecule has 1 amide bonds. The van der Waals surface area contributed by atoms with Gasteiger partial charge in [-0.2, -0.15) is 0 Å². The lowest BCUT2D eigenvalue weighted by Crippen LogP contribution is -2.56. The molecule has 6 nitrogen and oxygen atoms in total. The molecule has 158 valence electrons. The van der Waals surface area contributed by atoms with Gasteiger partial charge < -0.3 is 9.47 Å². The fourth-order valence-electron chi connectivity index (χ4n) is 3.48. The molecule has 1 unspecified atom stereocenters. The number of ether oxygens (including phenoxy) is 2. The van der Waals surface area contributed by atoms with Crippen molar-refractivity contribution in [2.45, 2.75) is 18.4 Å². The molecule has 2 aliphatic rings. The number of carbonyl (C=O) groups is 3. The molecule has 0 aromatic heterocycles. The predicted octanol–water partition coefficient (Wildman–Crippen LogP) is 4.29. The van der Waals surface area contributed by atoms with E-state index in [1.807, 2.05) is 60.7 Å². The van der Waals surface area contributed by atoms with Gasteiger partial charge in [-0.25, -0.2) is 4.79 Å². The maximum atomic E-state index is 13.4. The van der Waals surface area contributed by atoms with Crippen LogP contribution in [-0.2, 0) is 23.9 Å². The molecule has 0 saturated carbocycles. The molecule has 8 heteroatoms. The lowest BCUT2D eigenvalue weighted by Gasteiger charge is -2.45. The number of hydrogen-bond acceptors (Lipinski definition) is 6. The second-order valence-electron chi connectivity index (χ2n) is 6.88. The standard InChI is InChI=1S/C23H18BrNO5S/c1-14(26)29-18-13-31-22-17(12-24)21(27)25(22)19(18)23(28)30-20(15-8-4-2-5-9-15)16-10-6-3-7-11-16/h2-12,20,22H,13H2,1H3/b17-12+. The molecule has 2 aromatic rings. The van der Waals surface area contributed by atoms with E-state index in [1.165, 1.54) is 23.6 Å². The lowest BCUT2D eigenvalue weighted by molar-refractivity contribution is -0.150. The zero-order chi connectivity index (χ0) is 22.0. The Bertz CT molecular complexity index is 1040. The van der Waals surface area contributed by atoms with Crippen molar-refractivity contribution in [3.63, 3.8) is 0 Å². The zero-order valence-corrected chi connectivity index (χ0v) is 18.9. The SMILES string of the molecule is CC(=O)OC1=C(C(=O)OC(c2ccccc2)c2ccccc2)N2C(=O)/C(=C\Br)C2SC1. The third-order valence-corrected chi connectivity index (χ3v) is 6.55. The highest BCUT2D eigenvalue weighted by molar-refractivity contribution is 9.11. The molecule has 0 N–H and O–H groups in total. The first-order valence-electron chi connectivity index (χ1n) is 9.49. The van der Waals surface area contributed by atoms with Crippen LogP contribution in [0.3, 0.4) is 0 Å². The zero-order valence-electron chi connectivity index (χ0n) is 16.5. The van der Waals surface area contributed by atoms with Gasteiger partial charge in [-0.15, -0.1) is 11.8 Å². The van der Waals surface area contributed by atoms with E-state index in [0.29, 0.717) is 5.57 Å². The summed E-state index contributed by atoms with van der Waals surface area (Å²) in [5.74, 6) is -1.22. The van der Waals surface area contributed by atoms with Crippen molar-refractivity contribution >= 4 is 45.5 Å². The van der Waals surface area contributed by atoms with Gasteiger partial charge in [0.25, 0.3) is 5.91 Å². The second kappa shape index (κ2) is 9.11. The van der Waals surface area contributed by atoms with E-state index < -0.39 is 18.0 Å². The van der Waals surface area contributed by atoms with Crippen molar-refractivity contribution in [3.05, 3.63) is 93.8 Å². The summed E-state index contributed by atoms with van der Waals surface area (Å²) < 4.78 is 11.2. The minimum atomic E-state index is -0.721. The van der Waals surface area contributed by atoms with Crippen LogP contribution in [0.1, 0.15) is 24.2 Å². The van der Waals surface area contributed by atoms with Crippen LogP contribution in [0, 0.1) is 0 Å². The van der Waals surface area contributed by atoms with Crippen LogP contribution in [0.2, 0.25) is 0 Å². The maximum absolute atomic E-state index is 13.4. The van der Waals surface area contributed by atoms with Crippen LogP contribution in [0.5, 0.6) is 0 Å². The molecule has 2 aromatic carbocycles. The van der Waals surface area contributed by atoms with Gasteiger partial charge in [-0.05, 0) is 16.1 Å². The van der Waals surface area contributed by atoms with Crippen LogP contribution in [0.4, 0.5) is 0 Å². The Morgan fingerprint density at radius 2 is 1.68 bits per heavy atom. The van der Waals surface area contributed by atoms with Crippen molar-refractivity contribution in [1.82, 2.24) is 4.90 Å². The van der Waals surface area contributed by atoms with Crippen molar-refractivity contribution in [2.75, 3.05) is 5.75 Å². The number of nitrogens with zero attached hydrogens (tertiary/aromatic N) is 1. The monoisotopic (exact) mass is 499 g/mol. The summed E-state index contributed by atoms with van der Waals surface area (Å²) in [6.07, 6.45) is -0.684. The molecule has 0 bridgehead atoms. The van der Waals surface area contributed by atoms with Gasteiger partial charge in [-0.1, -0.05) is 76.6 Å². The summed E-state index contributed by atoms with van der Waals surface area (Å²) in [6.45, 7) is 1.26. The molecule has 0 radical (unpaired) electrons. The van der Waals surface area contributed by atoms with Gasteiger partial charge in [0.15, 0.2) is 11.8 Å². The minimum Gasteiger partial charge on any atom is -0.448 e. The summed E-state index contributed by atoms with van der Waals surface area (Å²) in [5, 5.41) is -0.333. The number of β-lactam (4-membered cyclic amide) rings is 1. The second-order valence-corrected chi connectivity index (χ2v) is 8.40. The van der Waals surface area contributed by atoms with Crippen molar-refractivity contribution in [3.8, 4) is 0 Å². The van der Waals surface area contributed by atoms with E-state index in [1.54, 1.807) is 4.99 Å².